The molecule has 0 saturated heterocycles. The first-order chi connectivity index (χ1) is 6.43. The van der Waals surface area contributed by atoms with Gasteiger partial charge in [-0.1, -0.05) is 23.2 Å². The molecular formula is C8H6Cl2FNO2. The van der Waals surface area contributed by atoms with Gasteiger partial charge in [-0.05, 0) is 12.1 Å². The summed E-state index contributed by atoms with van der Waals surface area (Å²) >= 11 is 11.2. The summed E-state index contributed by atoms with van der Waals surface area (Å²) in [5, 5.41) is 8.50. The first-order valence-electron chi connectivity index (χ1n) is 3.56. The van der Waals surface area contributed by atoms with Crippen molar-refractivity contribution in [2.45, 2.75) is 6.04 Å². The van der Waals surface area contributed by atoms with Gasteiger partial charge in [0.25, 0.3) is 0 Å². The van der Waals surface area contributed by atoms with Crippen LogP contribution in [0.1, 0.15) is 11.6 Å². The number of carboxylic acids is 1. The summed E-state index contributed by atoms with van der Waals surface area (Å²) in [6, 6.07) is 0.560. The molecule has 3 N–H and O–H groups in total. The third-order valence-corrected chi connectivity index (χ3v) is 2.44. The molecule has 1 atom stereocenters. The molecule has 0 bridgehead atoms. The standard InChI is InChI=1S/C8H6Cl2FNO2/c9-5-2-3(11)1-4(6(5)10)7(12)8(13)14/h1-2,7H,12H2,(H,13,14)/t7-/m0/s1. The summed E-state index contributed by atoms with van der Waals surface area (Å²) in [5.41, 5.74) is 5.23. The number of benzene rings is 1. The monoisotopic (exact) mass is 237 g/mol. The fourth-order valence-corrected chi connectivity index (χ4v) is 1.38. The average molecular weight is 238 g/mol. The first-order valence-corrected chi connectivity index (χ1v) is 4.32. The van der Waals surface area contributed by atoms with Crippen molar-refractivity contribution in [3.8, 4) is 0 Å². The van der Waals surface area contributed by atoms with Crippen molar-refractivity contribution in [1.82, 2.24) is 0 Å². The number of hydrogen-bond acceptors (Lipinski definition) is 2. The molecule has 0 amide bonds. The number of halogens is 3. The van der Waals surface area contributed by atoms with E-state index < -0.39 is 17.8 Å². The van der Waals surface area contributed by atoms with Crippen LogP contribution in [0.3, 0.4) is 0 Å². The second-order valence-electron chi connectivity index (χ2n) is 2.61. The lowest BCUT2D eigenvalue weighted by atomic mass is 10.1. The summed E-state index contributed by atoms with van der Waals surface area (Å²) < 4.78 is 12.8. The lowest BCUT2D eigenvalue weighted by Crippen LogP contribution is -2.21. The maximum absolute atomic E-state index is 12.8. The van der Waals surface area contributed by atoms with E-state index in [1.54, 1.807) is 0 Å². The van der Waals surface area contributed by atoms with Crippen LogP contribution in [-0.4, -0.2) is 11.1 Å². The van der Waals surface area contributed by atoms with Crippen molar-refractivity contribution in [2.24, 2.45) is 5.73 Å². The quantitative estimate of drug-likeness (QED) is 0.776. The van der Waals surface area contributed by atoms with Crippen LogP contribution >= 0.6 is 23.2 Å². The number of carboxylic acid groups (broad SMARTS) is 1. The van der Waals surface area contributed by atoms with Gasteiger partial charge in [0, 0.05) is 5.56 Å². The van der Waals surface area contributed by atoms with Crippen molar-refractivity contribution in [2.75, 3.05) is 0 Å². The lowest BCUT2D eigenvalue weighted by molar-refractivity contribution is -0.138. The van der Waals surface area contributed by atoms with E-state index in [2.05, 4.69) is 0 Å². The summed E-state index contributed by atoms with van der Waals surface area (Å²) in [6.45, 7) is 0. The highest BCUT2D eigenvalue weighted by Gasteiger charge is 2.20. The Morgan fingerprint density at radius 3 is 2.57 bits per heavy atom. The largest absolute Gasteiger partial charge is 0.480 e. The molecule has 76 valence electrons. The third-order valence-electron chi connectivity index (χ3n) is 1.62. The van der Waals surface area contributed by atoms with Crippen LogP contribution in [0.5, 0.6) is 0 Å². The Morgan fingerprint density at radius 1 is 1.50 bits per heavy atom. The van der Waals surface area contributed by atoms with Gasteiger partial charge in [-0.2, -0.15) is 0 Å². The van der Waals surface area contributed by atoms with Crippen LogP contribution in [0, 0.1) is 5.82 Å². The topological polar surface area (TPSA) is 63.3 Å². The fourth-order valence-electron chi connectivity index (χ4n) is 0.935. The van der Waals surface area contributed by atoms with Gasteiger partial charge in [-0.3, -0.25) is 4.79 Å². The van der Waals surface area contributed by atoms with Gasteiger partial charge >= 0.3 is 5.97 Å². The van der Waals surface area contributed by atoms with E-state index in [-0.39, 0.29) is 15.6 Å². The molecule has 3 nitrogen and oxygen atoms in total. The molecule has 0 spiro atoms. The fraction of sp³-hybridized carbons (Fsp3) is 0.125. The molecule has 0 radical (unpaired) electrons. The number of hydrogen-bond donors (Lipinski definition) is 2. The summed E-state index contributed by atoms with van der Waals surface area (Å²) in [6.07, 6.45) is 0. The zero-order chi connectivity index (χ0) is 10.9. The zero-order valence-corrected chi connectivity index (χ0v) is 8.31. The van der Waals surface area contributed by atoms with Crippen LogP contribution < -0.4 is 5.73 Å². The van der Waals surface area contributed by atoms with Crippen LogP contribution in [0.15, 0.2) is 12.1 Å². The average Bonchev–Trinajstić information content (AvgIpc) is 2.09. The SMILES string of the molecule is N[C@H](C(=O)O)c1cc(F)cc(Cl)c1Cl. The molecule has 14 heavy (non-hydrogen) atoms. The van der Waals surface area contributed by atoms with Gasteiger partial charge < -0.3 is 10.8 Å². The van der Waals surface area contributed by atoms with Gasteiger partial charge in [-0.15, -0.1) is 0 Å². The minimum atomic E-state index is -1.38. The Kier molecular flexibility index (Phi) is 3.31. The molecular weight excluding hydrogens is 232 g/mol. The molecule has 1 aromatic rings. The molecule has 6 heteroatoms. The zero-order valence-electron chi connectivity index (χ0n) is 6.80. The van der Waals surface area contributed by atoms with Crippen LogP contribution in [-0.2, 0) is 4.79 Å². The van der Waals surface area contributed by atoms with Crippen molar-refractivity contribution >= 4 is 29.2 Å². The normalized spacial score (nSPS) is 12.6. The smallest absolute Gasteiger partial charge is 0.325 e. The van der Waals surface area contributed by atoms with Crippen molar-refractivity contribution in [3.63, 3.8) is 0 Å². The van der Waals surface area contributed by atoms with Crippen LogP contribution in [0.4, 0.5) is 4.39 Å². The molecule has 1 rings (SSSR count). The Morgan fingerprint density at radius 2 is 2.07 bits per heavy atom. The molecule has 0 heterocycles. The van der Waals surface area contributed by atoms with E-state index in [1.807, 2.05) is 0 Å². The molecule has 1 aromatic carbocycles. The third kappa shape index (κ3) is 2.15. The van der Waals surface area contributed by atoms with E-state index in [0.29, 0.717) is 0 Å². The molecule has 0 unspecified atom stereocenters. The predicted molar refractivity (Wildman–Crippen MR) is 51.0 cm³/mol. The first kappa shape index (κ1) is 11.2. The molecule has 0 aliphatic rings. The maximum atomic E-state index is 12.8. The van der Waals surface area contributed by atoms with Crippen molar-refractivity contribution < 1.29 is 14.3 Å². The molecule has 0 saturated carbocycles. The van der Waals surface area contributed by atoms with E-state index in [1.165, 1.54) is 0 Å². The van der Waals surface area contributed by atoms with E-state index >= 15 is 0 Å². The highest BCUT2D eigenvalue weighted by Crippen LogP contribution is 2.30. The Hall–Kier alpha value is -0.840. The highest BCUT2D eigenvalue weighted by molar-refractivity contribution is 6.42. The number of nitrogens with two attached hydrogens (primary N) is 1. The molecule has 0 aliphatic carbocycles. The van der Waals surface area contributed by atoms with E-state index in [0.717, 1.165) is 12.1 Å². The molecule has 0 aliphatic heterocycles. The summed E-state index contributed by atoms with van der Waals surface area (Å²) in [7, 11) is 0. The number of carbonyl (C=O) groups is 1. The van der Waals surface area contributed by atoms with Crippen molar-refractivity contribution in [3.05, 3.63) is 33.6 Å². The van der Waals surface area contributed by atoms with E-state index in [9.17, 15) is 9.18 Å². The highest BCUT2D eigenvalue weighted by atomic mass is 35.5. The second kappa shape index (κ2) is 4.13. The Balaban J connectivity index is 3.26. The maximum Gasteiger partial charge on any atom is 0.325 e. The van der Waals surface area contributed by atoms with Gasteiger partial charge in [0.2, 0.25) is 0 Å². The number of aliphatic carboxylic acids is 1. The van der Waals surface area contributed by atoms with Gasteiger partial charge in [0.15, 0.2) is 0 Å². The number of rotatable bonds is 2. The molecule has 0 fully saturated rings. The molecule has 0 aromatic heterocycles. The second-order valence-corrected chi connectivity index (χ2v) is 3.39. The van der Waals surface area contributed by atoms with Gasteiger partial charge in [0.05, 0.1) is 10.0 Å². The summed E-state index contributed by atoms with van der Waals surface area (Å²) in [5.74, 6) is -1.97. The van der Waals surface area contributed by atoms with Gasteiger partial charge in [-0.25, -0.2) is 4.39 Å². The minimum Gasteiger partial charge on any atom is -0.480 e. The summed E-state index contributed by atoms with van der Waals surface area (Å²) in [4.78, 5) is 10.5. The van der Waals surface area contributed by atoms with Crippen LogP contribution in [0.25, 0.3) is 0 Å². The van der Waals surface area contributed by atoms with Crippen LogP contribution in [0.2, 0.25) is 10.0 Å². The van der Waals surface area contributed by atoms with Gasteiger partial charge in [0.1, 0.15) is 11.9 Å². The van der Waals surface area contributed by atoms with Crippen molar-refractivity contribution in [1.29, 1.82) is 0 Å². The predicted octanol–water partition coefficient (Wildman–Crippen LogP) is 2.22. The minimum absolute atomic E-state index is 0.0378. The Bertz CT molecular complexity index is 384. The van der Waals surface area contributed by atoms with E-state index in [4.69, 9.17) is 34.0 Å². The Labute approximate surface area is 89.2 Å². The lowest BCUT2D eigenvalue weighted by Gasteiger charge is -2.10.